The van der Waals surface area contributed by atoms with Crippen LogP contribution in [0.5, 0.6) is 0 Å². The minimum Gasteiger partial charge on any atom is -0.379 e. The standard InChI is InChI=1S/C26H40ClN7O6S2/c1-30(2)42(38,39)34(26(28)35)12-4-6-20-18-21(7-8-23(20)27)25-22-19-32(41(3,36)37)13-9-24(22)33(29-25)11-5-10-31-14-16-40-17-15-31/h7-8,18H,4-6,9-17,19H2,1-3H3,(H2,28,35). The monoisotopic (exact) mass is 645 g/mol. The molecule has 13 nitrogen and oxygen atoms in total. The number of aromatic nitrogens is 2. The molecular weight excluding hydrogens is 606 g/mol. The number of amides is 2. The molecule has 0 spiro atoms. The lowest BCUT2D eigenvalue weighted by atomic mass is 9.99. The summed E-state index contributed by atoms with van der Waals surface area (Å²) in [7, 11) is -4.73. The van der Waals surface area contributed by atoms with Crippen LogP contribution in [0.25, 0.3) is 11.3 Å². The second-order valence-corrected chi connectivity index (χ2v) is 15.2. The second kappa shape index (κ2) is 13.6. The van der Waals surface area contributed by atoms with Crippen LogP contribution in [0.2, 0.25) is 5.02 Å². The number of nitrogens with two attached hydrogens (primary N) is 1. The highest BCUT2D eigenvalue weighted by Crippen LogP contribution is 2.33. The van der Waals surface area contributed by atoms with Crippen LogP contribution in [0.3, 0.4) is 0 Å². The van der Waals surface area contributed by atoms with Crippen LogP contribution in [0, 0.1) is 0 Å². The number of nitrogens with zero attached hydrogens (tertiary/aromatic N) is 6. The predicted octanol–water partition coefficient (Wildman–Crippen LogP) is 1.36. The van der Waals surface area contributed by atoms with Crippen molar-refractivity contribution in [2.75, 3.05) is 66.3 Å². The fraction of sp³-hybridized carbons (Fsp3) is 0.615. The van der Waals surface area contributed by atoms with Crippen molar-refractivity contribution in [1.82, 2.24) is 27.6 Å². The molecule has 1 fully saturated rings. The Hall–Kier alpha value is -2.27. The molecule has 42 heavy (non-hydrogen) atoms. The minimum absolute atomic E-state index is 0.104. The van der Waals surface area contributed by atoms with Gasteiger partial charge in [-0.25, -0.2) is 17.5 Å². The van der Waals surface area contributed by atoms with Crippen LogP contribution in [0.1, 0.15) is 29.7 Å². The summed E-state index contributed by atoms with van der Waals surface area (Å²) in [5.74, 6) is 0. The molecule has 234 valence electrons. The van der Waals surface area contributed by atoms with Gasteiger partial charge in [0.1, 0.15) is 0 Å². The molecule has 2 aromatic rings. The fourth-order valence-corrected chi connectivity index (χ4v) is 7.28. The summed E-state index contributed by atoms with van der Waals surface area (Å²) in [6, 6.07) is 4.47. The summed E-state index contributed by atoms with van der Waals surface area (Å²) < 4.78 is 60.3. The fourth-order valence-electron chi connectivity index (χ4n) is 5.30. The Morgan fingerprint density at radius 1 is 1.10 bits per heavy atom. The summed E-state index contributed by atoms with van der Waals surface area (Å²) in [5, 5.41) is 5.47. The largest absolute Gasteiger partial charge is 0.379 e. The molecule has 0 unspecified atom stereocenters. The smallest absolute Gasteiger partial charge is 0.329 e. The zero-order valence-corrected chi connectivity index (χ0v) is 26.7. The van der Waals surface area contributed by atoms with E-state index in [0.29, 0.717) is 47.4 Å². The third-order valence-corrected chi connectivity index (χ3v) is 11.1. The van der Waals surface area contributed by atoms with E-state index in [1.165, 1.54) is 24.7 Å². The Morgan fingerprint density at radius 2 is 1.81 bits per heavy atom. The molecule has 2 amide bonds. The van der Waals surface area contributed by atoms with Crippen molar-refractivity contribution >= 4 is 37.9 Å². The number of urea groups is 1. The van der Waals surface area contributed by atoms with E-state index in [-0.39, 0.29) is 13.1 Å². The third-order valence-electron chi connectivity index (χ3n) is 7.63. The number of halogens is 1. The average molecular weight is 646 g/mol. The molecule has 0 atom stereocenters. The number of hydrogen-bond donors (Lipinski definition) is 1. The molecular formula is C26H40ClN7O6S2. The first kappa shape index (κ1) is 32.6. The van der Waals surface area contributed by atoms with Gasteiger partial charge >= 0.3 is 16.2 Å². The van der Waals surface area contributed by atoms with Crippen molar-refractivity contribution in [1.29, 1.82) is 0 Å². The zero-order chi connectivity index (χ0) is 30.7. The molecule has 0 bridgehead atoms. The first-order chi connectivity index (χ1) is 19.8. The van der Waals surface area contributed by atoms with Gasteiger partial charge in [0.2, 0.25) is 10.0 Å². The Morgan fingerprint density at radius 3 is 2.45 bits per heavy atom. The van der Waals surface area contributed by atoms with Gasteiger partial charge in [-0.15, -0.1) is 0 Å². The highest BCUT2D eigenvalue weighted by atomic mass is 35.5. The van der Waals surface area contributed by atoms with Gasteiger partial charge in [-0.3, -0.25) is 9.58 Å². The molecule has 2 aliphatic heterocycles. The number of morpholine rings is 1. The van der Waals surface area contributed by atoms with Crippen molar-refractivity contribution in [2.45, 2.75) is 38.8 Å². The summed E-state index contributed by atoms with van der Waals surface area (Å²) in [6.45, 7) is 5.49. The molecule has 0 aliphatic carbocycles. The van der Waals surface area contributed by atoms with Crippen molar-refractivity contribution in [3.8, 4) is 11.3 Å². The highest BCUT2D eigenvalue weighted by Gasteiger charge is 2.30. The predicted molar refractivity (Wildman–Crippen MR) is 161 cm³/mol. The number of sulfonamides is 1. The van der Waals surface area contributed by atoms with E-state index in [4.69, 9.17) is 27.2 Å². The van der Waals surface area contributed by atoms with E-state index in [9.17, 15) is 21.6 Å². The van der Waals surface area contributed by atoms with Crippen LogP contribution in [0.15, 0.2) is 18.2 Å². The van der Waals surface area contributed by atoms with Crippen LogP contribution in [0.4, 0.5) is 4.79 Å². The van der Waals surface area contributed by atoms with Gasteiger partial charge in [0.15, 0.2) is 0 Å². The molecule has 3 heterocycles. The first-order valence-electron chi connectivity index (χ1n) is 13.9. The maximum absolute atomic E-state index is 12.5. The molecule has 0 saturated carbocycles. The Labute approximate surface area is 253 Å². The number of benzene rings is 1. The maximum Gasteiger partial charge on any atom is 0.329 e. The van der Waals surface area contributed by atoms with Crippen molar-refractivity contribution in [2.24, 2.45) is 5.73 Å². The van der Waals surface area contributed by atoms with Gasteiger partial charge < -0.3 is 10.5 Å². The quantitative estimate of drug-likeness (QED) is 0.363. The van der Waals surface area contributed by atoms with E-state index in [1.807, 2.05) is 16.8 Å². The molecule has 2 N–H and O–H groups in total. The van der Waals surface area contributed by atoms with Gasteiger partial charge in [0.25, 0.3) is 0 Å². The number of primary amides is 1. The highest BCUT2D eigenvalue weighted by molar-refractivity contribution is 7.88. The van der Waals surface area contributed by atoms with Crippen LogP contribution in [-0.4, -0.2) is 117 Å². The van der Waals surface area contributed by atoms with Crippen LogP contribution >= 0.6 is 11.6 Å². The van der Waals surface area contributed by atoms with E-state index in [0.717, 1.165) is 66.0 Å². The van der Waals surface area contributed by atoms with Crippen molar-refractivity contribution < 1.29 is 26.4 Å². The number of aryl methyl sites for hydroxylation is 2. The number of ether oxygens (including phenoxy) is 1. The molecule has 4 rings (SSSR count). The molecule has 1 aromatic carbocycles. The number of fused-ring (bicyclic) bond motifs is 1. The molecule has 1 saturated heterocycles. The van der Waals surface area contributed by atoms with E-state index < -0.39 is 26.3 Å². The number of carbonyl (C=O) groups excluding carboxylic acids is 1. The number of carbonyl (C=O) groups is 1. The lowest BCUT2D eigenvalue weighted by molar-refractivity contribution is 0.0368. The van der Waals surface area contributed by atoms with E-state index >= 15 is 0 Å². The Bertz CT molecular complexity index is 1490. The summed E-state index contributed by atoms with van der Waals surface area (Å²) >= 11 is 6.52. The number of hydrogen-bond acceptors (Lipinski definition) is 8. The Balaban J connectivity index is 1.57. The minimum atomic E-state index is -4.01. The van der Waals surface area contributed by atoms with Gasteiger partial charge in [0, 0.05) is 88.2 Å². The molecule has 0 radical (unpaired) electrons. The van der Waals surface area contributed by atoms with Crippen LogP contribution in [-0.2, 0) is 50.9 Å². The topological polar surface area (TPSA) is 151 Å². The lowest BCUT2D eigenvalue weighted by Crippen LogP contribution is -2.46. The van der Waals surface area contributed by atoms with Crippen molar-refractivity contribution in [3.05, 3.63) is 40.0 Å². The summed E-state index contributed by atoms with van der Waals surface area (Å²) in [6.07, 6.45) is 3.38. The SMILES string of the molecule is CN(C)S(=O)(=O)N(CCCc1cc(-c2nn(CCCN3CCOCC3)c3c2CN(S(C)(=O)=O)CC3)ccc1Cl)C(N)=O. The second-order valence-electron chi connectivity index (χ2n) is 10.8. The van der Waals surface area contributed by atoms with Gasteiger partial charge in [0.05, 0.1) is 25.2 Å². The van der Waals surface area contributed by atoms with Gasteiger partial charge in [-0.1, -0.05) is 17.7 Å². The van der Waals surface area contributed by atoms with E-state index in [2.05, 4.69) is 4.90 Å². The van der Waals surface area contributed by atoms with Gasteiger partial charge in [-0.05, 0) is 37.0 Å². The third kappa shape index (κ3) is 7.62. The molecule has 16 heteroatoms. The van der Waals surface area contributed by atoms with Crippen molar-refractivity contribution in [3.63, 3.8) is 0 Å². The molecule has 2 aliphatic rings. The Kier molecular flexibility index (Phi) is 10.5. The number of rotatable bonds is 12. The summed E-state index contributed by atoms with van der Waals surface area (Å²) in [5.41, 5.74) is 9.51. The average Bonchev–Trinajstić information content (AvgIpc) is 3.29. The maximum atomic E-state index is 12.5. The molecule has 1 aromatic heterocycles. The zero-order valence-electron chi connectivity index (χ0n) is 24.3. The lowest BCUT2D eigenvalue weighted by Gasteiger charge is -2.27. The van der Waals surface area contributed by atoms with Crippen LogP contribution < -0.4 is 5.73 Å². The van der Waals surface area contributed by atoms with E-state index in [1.54, 1.807) is 6.07 Å². The normalized spacial score (nSPS) is 17.0. The van der Waals surface area contributed by atoms with Gasteiger partial charge in [-0.2, -0.15) is 22.1 Å². The summed E-state index contributed by atoms with van der Waals surface area (Å²) in [4.78, 5) is 14.2. The first-order valence-corrected chi connectivity index (χ1v) is 17.5.